The Kier molecular flexibility index (Phi) is 5.57. The van der Waals surface area contributed by atoms with Crippen LogP contribution in [0.5, 0.6) is 0 Å². The van der Waals surface area contributed by atoms with Gasteiger partial charge in [-0.25, -0.2) is 0 Å². The molecule has 1 aromatic rings. The van der Waals surface area contributed by atoms with E-state index in [2.05, 4.69) is 24.3 Å². The summed E-state index contributed by atoms with van der Waals surface area (Å²) in [5.41, 5.74) is 2.44. The lowest BCUT2D eigenvalue weighted by Crippen LogP contribution is -2.03. The van der Waals surface area contributed by atoms with E-state index >= 15 is 0 Å². The van der Waals surface area contributed by atoms with Gasteiger partial charge in [0.15, 0.2) is 0 Å². The van der Waals surface area contributed by atoms with Gasteiger partial charge in [-0.3, -0.25) is 4.79 Å². The van der Waals surface area contributed by atoms with Gasteiger partial charge in [-0.05, 0) is 17.5 Å². The van der Waals surface area contributed by atoms with Crippen molar-refractivity contribution in [2.45, 2.75) is 19.8 Å². The van der Waals surface area contributed by atoms with Crippen LogP contribution in [0, 0.1) is 0 Å². The molecule has 3 heteroatoms. The van der Waals surface area contributed by atoms with E-state index in [4.69, 9.17) is 9.47 Å². The van der Waals surface area contributed by atoms with Crippen molar-refractivity contribution in [3.05, 3.63) is 35.4 Å². The number of carbonyl (C=O) groups is 1. The maximum atomic E-state index is 10.6. The summed E-state index contributed by atoms with van der Waals surface area (Å²) in [6, 6.07) is 8.30. The van der Waals surface area contributed by atoms with E-state index in [1.807, 2.05) is 0 Å². The summed E-state index contributed by atoms with van der Waals surface area (Å²) < 4.78 is 9.89. The highest BCUT2D eigenvalue weighted by Crippen LogP contribution is 2.06. The van der Waals surface area contributed by atoms with E-state index in [0.717, 1.165) is 19.4 Å². The number of hydrogen-bond acceptors (Lipinski definition) is 3. The summed E-state index contributed by atoms with van der Waals surface area (Å²) in [7, 11) is 1.70. The maximum absolute atomic E-state index is 10.6. The number of esters is 1. The van der Waals surface area contributed by atoms with Crippen LogP contribution < -0.4 is 0 Å². The molecule has 1 rings (SSSR count). The van der Waals surface area contributed by atoms with E-state index in [0.29, 0.717) is 6.61 Å². The molecule has 88 valence electrons. The van der Waals surface area contributed by atoms with Crippen LogP contribution in [0.15, 0.2) is 24.3 Å². The zero-order chi connectivity index (χ0) is 11.8. The molecular formula is C13H18O3. The molecule has 0 radical (unpaired) electrons. The van der Waals surface area contributed by atoms with Crippen LogP contribution in [0.2, 0.25) is 0 Å². The number of benzene rings is 1. The van der Waals surface area contributed by atoms with E-state index in [1.165, 1.54) is 18.1 Å². The summed E-state index contributed by atoms with van der Waals surface area (Å²) >= 11 is 0. The summed E-state index contributed by atoms with van der Waals surface area (Å²) in [6.07, 6.45) is 1.70. The van der Waals surface area contributed by atoms with Gasteiger partial charge >= 0.3 is 5.97 Å². The molecule has 3 nitrogen and oxygen atoms in total. The average molecular weight is 222 g/mol. The minimum Gasteiger partial charge on any atom is -0.466 e. The molecule has 0 aliphatic carbocycles. The van der Waals surface area contributed by atoms with Crippen LogP contribution in [0.25, 0.3) is 0 Å². The molecule has 1 aromatic carbocycles. The van der Waals surface area contributed by atoms with E-state index in [1.54, 1.807) is 7.11 Å². The number of rotatable bonds is 6. The molecule has 0 aliphatic rings. The number of carbonyl (C=O) groups excluding carboxylic acids is 1. The normalized spacial score (nSPS) is 10.1. The SMILES string of the molecule is COCCc1ccc(CCOC(C)=O)cc1. The molecule has 0 aliphatic heterocycles. The van der Waals surface area contributed by atoms with Crippen molar-refractivity contribution in [2.24, 2.45) is 0 Å². The van der Waals surface area contributed by atoms with E-state index in [-0.39, 0.29) is 5.97 Å². The molecule has 0 N–H and O–H groups in total. The molecule has 0 unspecified atom stereocenters. The largest absolute Gasteiger partial charge is 0.466 e. The zero-order valence-corrected chi connectivity index (χ0v) is 9.86. The van der Waals surface area contributed by atoms with Crippen LogP contribution in [-0.2, 0) is 27.1 Å². The highest BCUT2D eigenvalue weighted by Gasteiger charge is 1.97. The second kappa shape index (κ2) is 7.01. The first-order valence-corrected chi connectivity index (χ1v) is 5.42. The van der Waals surface area contributed by atoms with Gasteiger partial charge in [0.2, 0.25) is 0 Å². The lowest BCUT2D eigenvalue weighted by atomic mass is 10.1. The molecule has 0 bridgehead atoms. The topological polar surface area (TPSA) is 35.5 Å². The monoisotopic (exact) mass is 222 g/mol. The van der Waals surface area contributed by atoms with Gasteiger partial charge in [-0.2, -0.15) is 0 Å². The Morgan fingerprint density at radius 2 is 1.56 bits per heavy atom. The molecule has 0 atom stereocenters. The highest BCUT2D eigenvalue weighted by molar-refractivity contribution is 5.65. The second-order valence-corrected chi connectivity index (χ2v) is 3.65. The van der Waals surface area contributed by atoms with Crippen molar-refractivity contribution in [1.29, 1.82) is 0 Å². The summed E-state index contributed by atoms with van der Waals surface area (Å²) in [5.74, 6) is -0.225. The fraction of sp³-hybridized carbons (Fsp3) is 0.462. The first-order chi connectivity index (χ1) is 7.72. The van der Waals surface area contributed by atoms with Crippen molar-refractivity contribution in [1.82, 2.24) is 0 Å². The third-order valence-corrected chi connectivity index (χ3v) is 2.31. The van der Waals surface area contributed by atoms with Crippen molar-refractivity contribution in [2.75, 3.05) is 20.3 Å². The lowest BCUT2D eigenvalue weighted by molar-refractivity contribution is -0.140. The predicted octanol–water partition coefficient (Wildman–Crippen LogP) is 1.98. The quantitative estimate of drug-likeness (QED) is 0.690. The summed E-state index contributed by atoms with van der Waals surface area (Å²) in [6.45, 7) is 2.62. The Bertz CT molecular complexity index is 316. The smallest absolute Gasteiger partial charge is 0.302 e. The minimum absolute atomic E-state index is 0.225. The van der Waals surface area contributed by atoms with Gasteiger partial charge in [0.25, 0.3) is 0 Å². The van der Waals surface area contributed by atoms with Gasteiger partial charge < -0.3 is 9.47 Å². The second-order valence-electron chi connectivity index (χ2n) is 3.65. The molecule has 0 fully saturated rings. The lowest BCUT2D eigenvalue weighted by Gasteiger charge is -2.04. The fourth-order valence-corrected chi connectivity index (χ4v) is 1.41. The molecule has 0 spiro atoms. The summed E-state index contributed by atoms with van der Waals surface area (Å²) in [4.78, 5) is 10.6. The zero-order valence-electron chi connectivity index (χ0n) is 9.86. The summed E-state index contributed by atoms with van der Waals surface area (Å²) in [5, 5.41) is 0. The molecule has 0 heterocycles. The fourth-order valence-electron chi connectivity index (χ4n) is 1.41. The van der Waals surface area contributed by atoms with Crippen molar-refractivity contribution in [3.8, 4) is 0 Å². The van der Waals surface area contributed by atoms with Crippen LogP contribution >= 0.6 is 0 Å². The Balaban J connectivity index is 2.36. The van der Waals surface area contributed by atoms with Crippen LogP contribution in [-0.4, -0.2) is 26.3 Å². The minimum atomic E-state index is -0.225. The van der Waals surface area contributed by atoms with Gasteiger partial charge in [0, 0.05) is 20.5 Å². The van der Waals surface area contributed by atoms with Gasteiger partial charge in [0.05, 0.1) is 13.2 Å². The number of hydrogen-bond donors (Lipinski definition) is 0. The highest BCUT2D eigenvalue weighted by atomic mass is 16.5. The van der Waals surface area contributed by atoms with Crippen molar-refractivity contribution >= 4 is 5.97 Å². The van der Waals surface area contributed by atoms with Gasteiger partial charge in [-0.1, -0.05) is 24.3 Å². The molecule has 0 amide bonds. The molecule has 0 saturated heterocycles. The molecule has 0 saturated carbocycles. The first kappa shape index (κ1) is 12.7. The standard InChI is InChI=1S/C13H18O3/c1-11(14)16-10-8-13-5-3-12(4-6-13)7-9-15-2/h3-6H,7-10H2,1-2H3. The van der Waals surface area contributed by atoms with Gasteiger partial charge in [0.1, 0.15) is 0 Å². The Hall–Kier alpha value is -1.35. The van der Waals surface area contributed by atoms with Gasteiger partial charge in [-0.15, -0.1) is 0 Å². The maximum Gasteiger partial charge on any atom is 0.302 e. The van der Waals surface area contributed by atoms with Crippen molar-refractivity contribution < 1.29 is 14.3 Å². The Morgan fingerprint density at radius 3 is 2.00 bits per heavy atom. The number of ether oxygens (including phenoxy) is 2. The van der Waals surface area contributed by atoms with Crippen LogP contribution in [0.1, 0.15) is 18.1 Å². The Morgan fingerprint density at radius 1 is 1.06 bits per heavy atom. The first-order valence-electron chi connectivity index (χ1n) is 5.42. The van der Waals surface area contributed by atoms with E-state index < -0.39 is 0 Å². The molecular weight excluding hydrogens is 204 g/mol. The van der Waals surface area contributed by atoms with Crippen LogP contribution in [0.4, 0.5) is 0 Å². The van der Waals surface area contributed by atoms with Crippen LogP contribution in [0.3, 0.4) is 0 Å². The third kappa shape index (κ3) is 4.94. The predicted molar refractivity (Wildman–Crippen MR) is 62.4 cm³/mol. The average Bonchev–Trinajstić information content (AvgIpc) is 2.27. The Labute approximate surface area is 96.4 Å². The van der Waals surface area contributed by atoms with E-state index in [9.17, 15) is 4.79 Å². The molecule has 0 aromatic heterocycles. The molecule has 16 heavy (non-hydrogen) atoms. The number of methoxy groups -OCH3 is 1. The van der Waals surface area contributed by atoms with Crippen molar-refractivity contribution in [3.63, 3.8) is 0 Å². The third-order valence-electron chi connectivity index (χ3n) is 2.31.